The first-order valence-corrected chi connectivity index (χ1v) is 9.74. The molecule has 2 aliphatic heterocycles. The van der Waals surface area contributed by atoms with Crippen LogP contribution in [-0.4, -0.2) is 44.2 Å². The van der Waals surface area contributed by atoms with Crippen LogP contribution < -0.4 is 9.79 Å². The first-order valence-electron chi connectivity index (χ1n) is 8.80. The van der Waals surface area contributed by atoms with Crippen LogP contribution in [-0.2, 0) is 17.7 Å². The van der Waals surface area contributed by atoms with Gasteiger partial charge in [0.15, 0.2) is 5.75 Å². The van der Waals surface area contributed by atoms with E-state index in [1.807, 2.05) is 6.07 Å². The molecule has 0 aliphatic carbocycles. The number of hydrogen-bond acceptors (Lipinski definition) is 5. The van der Waals surface area contributed by atoms with Gasteiger partial charge in [0.25, 0.3) is 0 Å². The molecule has 3 heterocycles. The van der Waals surface area contributed by atoms with Crippen molar-refractivity contribution in [2.24, 2.45) is 0 Å². The predicted molar refractivity (Wildman–Crippen MR) is 98.0 cm³/mol. The van der Waals surface area contributed by atoms with E-state index in [1.165, 1.54) is 36.2 Å². The van der Waals surface area contributed by atoms with Crippen molar-refractivity contribution >= 4 is 17.0 Å². The molecule has 2 aliphatic rings. The molecule has 0 spiro atoms. The molecule has 0 atom stereocenters. The molecule has 0 amide bonds. The van der Waals surface area contributed by atoms with Crippen molar-refractivity contribution in [3.05, 3.63) is 46.2 Å². The summed E-state index contributed by atoms with van der Waals surface area (Å²) in [4.78, 5) is 15.5. The number of thiophene rings is 1. The van der Waals surface area contributed by atoms with Gasteiger partial charge in [-0.3, -0.25) is 4.90 Å². The molecule has 0 bridgehead atoms. The minimum Gasteiger partial charge on any atom is -0.369 e. The standard InChI is InChI=1S/C19H24N2O2S/c1-4-18(17-6-13-22-23-19(17)5-1)21-11-9-20(10-12-21)8-2-3-16-7-14-24-15-16/h1,4-5,7,14-15H,2-3,6,8-13H2. The lowest BCUT2D eigenvalue weighted by molar-refractivity contribution is -0.215. The Labute approximate surface area is 147 Å². The third kappa shape index (κ3) is 3.58. The maximum atomic E-state index is 5.33. The van der Waals surface area contributed by atoms with Gasteiger partial charge in [0.2, 0.25) is 0 Å². The molecule has 4 rings (SSSR count). The minimum absolute atomic E-state index is 0.645. The maximum Gasteiger partial charge on any atom is 0.170 e. The summed E-state index contributed by atoms with van der Waals surface area (Å²) in [6.45, 7) is 6.32. The zero-order valence-electron chi connectivity index (χ0n) is 13.9. The van der Waals surface area contributed by atoms with Gasteiger partial charge in [-0.05, 0) is 53.9 Å². The first-order chi connectivity index (χ1) is 11.9. The highest BCUT2D eigenvalue weighted by atomic mass is 32.1. The Morgan fingerprint density at radius 3 is 2.83 bits per heavy atom. The summed E-state index contributed by atoms with van der Waals surface area (Å²) in [5, 5.41) is 4.44. The lowest BCUT2D eigenvalue weighted by Crippen LogP contribution is -2.47. The van der Waals surface area contributed by atoms with E-state index >= 15 is 0 Å². The third-order valence-electron chi connectivity index (χ3n) is 4.93. The zero-order chi connectivity index (χ0) is 16.2. The normalized spacial score (nSPS) is 18.2. The average Bonchev–Trinajstić information content (AvgIpc) is 3.15. The molecule has 4 nitrogen and oxygen atoms in total. The fraction of sp³-hybridized carbons (Fsp3) is 0.474. The van der Waals surface area contributed by atoms with Gasteiger partial charge in [-0.2, -0.15) is 16.2 Å². The third-order valence-corrected chi connectivity index (χ3v) is 5.66. The number of aryl methyl sites for hydroxylation is 1. The van der Waals surface area contributed by atoms with Crippen LogP contribution in [0.2, 0.25) is 0 Å². The highest BCUT2D eigenvalue weighted by Gasteiger charge is 2.22. The topological polar surface area (TPSA) is 24.9 Å². The number of anilines is 1. The van der Waals surface area contributed by atoms with Crippen molar-refractivity contribution in [2.45, 2.75) is 19.3 Å². The number of benzene rings is 1. The molecule has 2 aromatic rings. The summed E-state index contributed by atoms with van der Waals surface area (Å²) in [6.07, 6.45) is 3.39. The molecular formula is C19H24N2O2S. The Morgan fingerprint density at radius 1 is 1.08 bits per heavy atom. The maximum absolute atomic E-state index is 5.33. The van der Waals surface area contributed by atoms with Crippen molar-refractivity contribution in [3.8, 4) is 5.75 Å². The van der Waals surface area contributed by atoms with Crippen LogP contribution in [0.1, 0.15) is 17.5 Å². The molecule has 1 aromatic carbocycles. The Bertz CT molecular complexity index is 651. The smallest absolute Gasteiger partial charge is 0.170 e. The highest BCUT2D eigenvalue weighted by molar-refractivity contribution is 7.07. The van der Waals surface area contributed by atoms with Gasteiger partial charge < -0.3 is 9.79 Å². The van der Waals surface area contributed by atoms with Crippen molar-refractivity contribution < 1.29 is 9.78 Å². The Kier molecular flexibility index (Phi) is 5.02. The van der Waals surface area contributed by atoms with Crippen molar-refractivity contribution in [3.63, 3.8) is 0 Å². The molecule has 0 saturated carbocycles. The lowest BCUT2D eigenvalue weighted by Gasteiger charge is -2.37. The molecule has 0 radical (unpaired) electrons. The van der Waals surface area contributed by atoms with Crippen molar-refractivity contribution in [1.82, 2.24) is 4.90 Å². The monoisotopic (exact) mass is 344 g/mol. The van der Waals surface area contributed by atoms with E-state index in [0.717, 1.165) is 38.3 Å². The predicted octanol–water partition coefficient (Wildman–Crippen LogP) is 3.37. The largest absolute Gasteiger partial charge is 0.369 e. The molecule has 0 N–H and O–H groups in total. The Morgan fingerprint density at radius 2 is 2.00 bits per heavy atom. The number of rotatable bonds is 5. The van der Waals surface area contributed by atoms with Gasteiger partial charge in [-0.25, -0.2) is 0 Å². The highest BCUT2D eigenvalue weighted by Crippen LogP contribution is 2.33. The summed E-state index contributed by atoms with van der Waals surface area (Å²) >= 11 is 1.80. The molecule has 128 valence electrons. The van der Waals surface area contributed by atoms with Crippen LogP contribution in [0.4, 0.5) is 5.69 Å². The quantitative estimate of drug-likeness (QED) is 0.777. The zero-order valence-corrected chi connectivity index (χ0v) is 14.8. The van der Waals surface area contributed by atoms with Crippen molar-refractivity contribution in [2.75, 3.05) is 44.2 Å². The van der Waals surface area contributed by atoms with Gasteiger partial charge in [-0.1, -0.05) is 6.07 Å². The van der Waals surface area contributed by atoms with Crippen LogP contribution in [0, 0.1) is 0 Å². The van der Waals surface area contributed by atoms with E-state index < -0.39 is 0 Å². The van der Waals surface area contributed by atoms with E-state index in [2.05, 4.69) is 38.8 Å². The van der Waals surface area contributed by atoms with Crippen molar-refractivity contribution in [1.29, 1.82) is 0 Å². The van der Waals surface area contributed by atoms with Crippen LogP contribution >= 0.6 is 11.3 Å². The summed E-state index contributed by atoms with van der Waals surface area (Å²) in [6, 6.07) is 8.53. The Balaban J connectivity index is 1.30. The first kappa shape index (κ1) is 15.9. The van der Waals surface area contributed by atoms with Gasteiger partial charge >= 0.3 is 0 Å². The fourth-order valence-corrected chi connectivity index (χ4v) is 4.29. The van der Waals surface area contributed by atoms with Gasteiger partial charge in [0, 0.05) is 43.9 Å². The summed E-state index contributed by atoms with van der Waals surface area (Å²) in [5.41, 5.74) is 4.11. The summed E-state index contributed by atoms with van der Waals surface area (Å²) in [7, 11) is 0. The molecule has 0 unspecified atom stereocenters. The second-order valence-electron chi connectivity index (χ2n) is 6.47. The van der Waals surface area contributed by atoms with E-state index in [0.29, 0.717) is 6.61 Å². The van der Waals surface area contributed by atoms with Gasteiger partial charge in [0.05, 0.1) is 6.61 Å². The second kappa shape index (κ2) is 7.55. The number of nitrogens with zero attached hydrogens (tertiary/aromatic N) is 2. The average molecular weight is 344 g/mol. The molecule has 1 fully saturated rings. The number of fused-ring (bicyclic) bond motifs is 1. The van der Waals surface area contributed by atoms with E-state index in [1.54, 1.807) is 11.3 Å². The lowest BCUT2D eigenvalue weighted by atomic mass is 10.1. The van der Waals surface area contributed by atoms with Gasteiger partial charge in [0.1, 0.15) is 0 Å². The number of piperazine rings is 1. The van der Waals surface area contributed by atoms with Crippen LogP contribution in [0.3, 0.4) is 0 Å². The SMILES string of the molecule is c1cc2c(c(N3CCN(CCCc4ccsc4)CC3)c1)CCOO2. The Hall–Kier alpha value is -1.56. The minimum atomic E-state index is 0.645. The van der Waals surface area contributed by atoms with E-state index in [-0.39, 0.29) is 0 Å². The summed E-state index contributed by atoms with van der Waals surface area (Å²) < 4.78 is 0. The van der Waals surface area contributed by atoms with Crippen LogP contribution in [0.5, 0.6) is 5.75 Å². The summed E-state index contributed by atoms with van der Waals surface area (Å²) in [5.74, 6) is 0.886. The molecule has 1 saturated heterocycles. The molecule has 5 heteroatoms. The second-order valence-corrected chi connectivity index (χ2v) is 7.25. The molecule has 24 heavy (non-hydrogen) atoms. The van der Waals surface area contributed by atoms with E-state index in [4.69, 9.17) is 9.78 Å². The molecule has 1 aromatic heterocycles. The van der Waals surface area contributed by atoms with Crippen LogP contribution in [0.15, 0.2) is 35.0 Å². The molecular weight excluding hydrogens is 320 g/mol. The van der Waals surface area contributed by atoms with Crippen LogP contribution in [0.25, 0.3) is 0 Å². The van der Waals surface area contributed by atoms with E-state index in [9.17, 15) is 0 Å². The van der Waals surface area contributed by atoms with Gasteiger partial charge in [-0.15, -0.1) is 0 Å². The number of hydrogen-bond donors (Lipinski definition) is 0. The fourth-order valence-electron chi connectivity index (χ4n) is 3.58.